The molecule has 0 saturated carbocycles. The summed E-state index contributed by atoms with van der Waals surface area (Å²) < 4.78 is 8.21. The van der Waals surface area contributed by atoms with Gasteiger partial charge < -0.3 is 15.2 Å². The van der Waals surface area contributed by atoms with E-state index in [-0.39, 0.29) is 22.3 Å². The van der Waals surface area contributed by atoms with Crippen LogP contribution in [0.5, 0.6) is 11.6 Å². The Morgan fingerprint density at radius 3 is 2.31 bits per heavy atom. The standard InChI is InChI=1S/C25H27BrN4O5S/c1-6-35-18-9-7-17(8-10-18)27-22(20-23(32)29(4)25(34)30(5)24(20)33)36-13-19(31)28-21-14(2)11-16(26)12-15(21)3/h7-12,32H,6,13H2,1-5H3,(H,28,31). The first kappa shape index (κ1) is 27.3. The average Bonchev–Trinajstić information content (AvgIpc) is 2.83. The van der Waals surface area contributed by atoms with Crippen molar-refractivity contribution in [1.82, 2.24) is 9.13 Å². The van der Waals surface area contributed by atoms with Crippen LogP contribution in [-0.2, 0) is 18.9 Å². The number of carbonyl (C=O) groups excluding carboxylic acids is 1. The molecule has 0 aliphatic carbocycles. The molecular weight excluding hydrogens is 548 g/mol. The highest BCUT2D eigenvalue weighted by molar-refractivity contribution is 9.10. The number of thioether (sulfide) groups is 1. The van der Waals surface area contributed by atoms with Crippen LogP contribution in [0.4, 0.5) is 11.4 Å². The molecule has 190 valence electrons. The number of amides is 1. The number of aryl methyl sites for hydroxylation is 2. The molecule has 0 spiro atoms. The molecule has 0 fully saturated rings. The van der Waals surface area contributed by atoms with Crippen molar-refractivity contribution < 1.29 is 14.6 Å². The van der Waals surface area contributed by atoms with Crippen LogP contribution in [0.25, 0.3) is 0 Å². The third-order valence-corrected chi connectivity index (χ3v) is 6.76. The Labute approximate surface area is 221 Å². The Morgan fingerprint density at radius 1 is 1.11 bits per heavy atom. The van der Waals surface area contributed by atoms with E-state index in [0.29, 0.717) is 23.7 Å². The van der Waals surface area contributed by atoms with Crippen molar-refractivity contribution in [3.63, 3.8) is 0 Å². The summed E-state index contributed by atoms with van der Waals surface area (Å²) in [5.41, 5.74) is 1.42. The van der Waals surface area contributed by atoms with Gasteiger partial charge in [0, 0.05) is 24.3 Å². The van der Waals surface area contributed by atoms with Crippen LogP contribution in [0.1, 0.15) is 23.6 Å². The lowest BCUT2D eigenvalue weighted by atomic mass is 10.1. The fourth-order valence-electron chi connectivity index (χ4n) is 3.50. The lowest BCUT2D eigenvalue weighted by Gasteiger charge is -2.14. The molecule has 0 aliphatic heterocycles. The quantitative estimate of drug-likeness (QED) is 0.325. The molecule has 3 rings (SSSR count). The number of anilines is 1. The van der Waals surface area contributed by atoms with Gasteiger partial charge in [0.25, 0.3) is 5.56 Å². The van der Waals surface area contributed by atoms with E-state index in [0.717, 1.165) is 36.5 Å². The van der Waals surface area contributed by atoms with Gasteiger partial charge in [-0.2, -0.15) is 0 Å². The van der Waals surface area contributed by atoms with E-state index in [4.69, 9.17) is 4.74 Å². The second-order valence-corrected chi connectivity index (χ2v) is 9.88. The summed E-state index contributed by atoms with van der Waals surface area (Å²) in [5.74, 6) is -0.267. The van der Waals surface area contributed by atoms with Crippen molar-refractivity contribution in [2.75, 3.05) is 17.7 Å². The number of aromatic nitrogens is 2. The van der Waals surface area contributed by atoms with Gasteiger partial charge in [0.2, 0.25) is 11.8 Å². The van der Waals surface area contributed by atoms with Gasteiger partial charge in [-0.05, 0) is 68.3 Å². The summed E-state index contributed by atoms with van der Waals surface area (Å²) in [6.07, 6.45) is 0. The van der Waals surface area contributed by atoms with Gasteiger partial charge in [-0.1, -0.05) is 27.7 Å². The molecule has 2 aromatic carbocycles. The molecule has 3 aromatic rings. The minimum Gasteiger partial charge on any atom is -0.494 e. The van der Waals surface area contributed by atoms with Crippen molar-refractivity contribution in [1.29, 1.82) is 0 Å². The smallest absolute Gasteiger partial charge is 0.333 e. The molecular formula is C25H27BrN4O5S. The molecule has 0 aliphatic rings. The number of nitrogens with zero attached hydrogens (tertiary/aromatic N) is 3. The Morgan fingerprint density at radius 2 is 1.72 bits per heavy atom. The Bertz CT molecular complexity index is 1420. The molecule has 11 heteroatoms. The summed E-state index contributed by atoms with van der Waals surface area (Å²) >= 11 is 4.43. The molecule has 2 N–H and O–H groups in total. The molecule has 0 saturated heterocycles. The third-order valence-electron chi connectivity index (χ3n) is 5.33. The molecule has 9 nitrogen and oxygen atoms in total. The molecule has 0 radical (unpaired) electrons. The fraction of sp³-hybridized carbons (Fsp3) is 0.280. The number of hydrogen-bond acceptors (Lipinski definition) is 7. The third kappa shape index (κ3) is 6.08. The number of halogens is 1. The largest absolute Gasteiger partial charge is 0.494 e. The van der Waals surface area contributed by atoms with E-state index in [1.54, 1.807) is 24.3 Å². The summed E-state index contributed by atoms with van der Waals surface area (Å²) in [5, 5.41) is 13.7. The van der Waals surface area contributed by atoms with Gasteiger partial charge in [-0.3, -0.25) is 18.7 Å². The maximum Gasteiger partial charge on any atom is 0.333 e. The molecule has 0 unspecified atom stereocenters. The van der Waals surface area contributed by atoms with E-state index in [9.17, 15) is 19.5 Å². The van der Waals surface area contributed by atoms with Gasteiger partial charge in [0.05, 0.1) is 18.0 Å². The molecule has 0 atom stereocenters. The maximum atomic E-state index is 13.0. The zero-order valence-electron chi connectivity index (χ0n) is 20.6. The van der Waals surface area contributed by atoms with Gasteiger partial charge >= 0.3 is 5.69 Å². The second kappa shape index (κ2) is 11.6. The average molecular weight is 575 g/mol. The van der Waals surface area contributed by atoms with E-state index in [1.165, 1.54) is 14.1 Å². The minimum atomic E-state index is -0.715. The van der Waals surface area contributed by atoms with Crippen LogP contribution in [0.15, 0.2) is 55.5 Å². The Kier molecular flexibility index (Phi) is 8.80. The zero-order valence-corrected chi connectivity index (χ0v) is 23.0. The second-order valence-electron chi connectivity index (χ2n) is 8.00. The zero-order chi connectivity index (χ0) is 26.6. The number of carbonyl (C=O) groups is 1. The highest BCUT2D eigenvalue weighted by Gasteiger charge is 2.22. The molecule has 1 aromatic heterocycles. The topological polar surface area (TPSA) is 115 Å². The van der Waals surface area contributed by atoms with E-state index < -0.39 is 17.1 Å². The Hall–Kier alpha value is -3.31. The minimum absolute atomic E-state index is 0.0871. The number of ether oxygens (including phenoxy) is 1. The predicted octanol–water partition coefficient (Wildman–Crippen LogP) is 4.02. The summed E-state index contributed by atoms with van der Waals surface area (Å²) in [4.78, 5) is 42.6. The highest BCUT2D eigenvalue weighted by Crippen LogP contribution is 2.27. The van der Waals surface area contributed by atoms with Gasteiger partial charge in [-0.25, -0.2) is 9.79 Å². The maximum absolute atomic E-state index is 13.0. The number of hydrogen-bond donors (Lipinski definition) is 2. The van der Waals surface area contributed by atoms with E-state index >= 15 is 0 Å². The number of nitrogens with one attached hydrogen (secondary N) is 1. The van der Waals surface area contributed by atoms with E-state index in [2.05, 4.69) is 26.2 Å². The van der Waals surface area contributed by atoms with Crippen molar-refractivity contribution in [2.45, 2.75) is 20.8 Å². The van der Waals surface area contributed by atoms with Gasteiger partial charge in [-0.15, -0.1) is 0 Å². The van der Waals surface area contributed by atoms with Crippen molar-refractivity contribution in [3.8, 4) is 11.6 Å². The first-order valence-corrected chi connectivity index (χ1v) is 12.8. The van der Waals surface area contributed by atoms with Crippen LogP contribution in [-0.4, -0.2) is 37.6 Å². The van der Waals surface area contributed by atoms with Crippen molar-refractivity contribution >= 4 is 50.0 Å². The lowest BCUT2D eigenvalue weighted by Crippen LogP contribution is -2.39. The summed E-state index contributed by atoms with van der Waals surface area (Å²) in [6, 6.07) is 10.7. The Balaban J connectivity index is 1.98. The van der Waals surface area contributed by atoms with Gasteiger partial charge in [0.15, 0.2) is 0 Å². The van der Waals surface area contributed by atoms with Crippen LogP contribution in [0.2, 0.25) is 0 Å². The van der Waals surface area contributed by atoms with Gasteiger partial charge in [0.1, 0.15) is 16.4 Å². The molecule has 0 bridgehead atoms. The number of rotatable bonds is 7. The number of benzene rings is 2. The molecule has 1 heterocycles. The fourth-order valence-corrected chi connectivity index (χ4v) is 5.02. The molecule has 36 heavy (non-hydrogen) atoms. The predicted molar refractivity (Wildman–Crippen MR) is 147 cm³/mol. The van der Waals surface area contributed by atoms with Crippen LogP contribution in [0, 0.1) is 13.8 Å². The van der Waals surface area contributed by atoms with Crippen molar-refractivity contribution in [3.05, 3.63) is 78.4 Å². The monoisotopic (exact) mass is 574 g/mol. The van der Waals surface area contributed by atoms with Crippen LogP contribution >= 0.6 is 27.7 Å². The van der Waals surface area contributed by atoms with Crippen LogP contribution in [0.3, 0.4) is 0 Å². The molecule has 1 amide bonds. The number of aliphatic imine (C=N–C) groups is 1. The van der Waals surface area contributed by atoms with E-state index in [1.807, 2.05) is 32.9 Å². The summed E-state index contributed by atoms with van der Waals surface area (Å²) in [7, 11) is 2.67. The summed E-state index contributed by atoms with van der Waals surface area (Å²) in [6.45, 7) is 6.18. The number of aromatic hydroxyl groups is 1. The van der Waals surface area contributed by atoms with Crippen molar-refractivity contribution in [2.24, 2.45) is 19.1 Å². The lowest BCUT2D eigenvalue weighted by molar-refractivity contribution is -0.113. The van der Waals surface area contributed by atoms with Crippen LogP contribution < -0.4 is 21.3 Å². The SMILES string of the molecule is CCOc1ccc(N=C(SCC(=O)Nc2c(C)cc(Br)cc2C)c2c(O)n(C)c(=O)n(C)c2=O)cc1. The normalized spacial score (nSPS) is 11.4. The first-order chi connectivity index (χ1) is 17.0. The first-order valence-electron chi connectivity index (χ1n) is 11.0. The highest BCUT2D eigenvalue weighted by atomic mass is 79.9.